The number of rotatable bonds is 3. The number of hydrogen-bond donors (Lipinski definition) is 1. The van der Waals surface area contributed by atoms with Crippen molar-refractivity contribution in [2.45, 2.75) is 6.92 Å². The molecule has 2 rings (SSSR count). The molecule has 1 amide bonds. The van der Waals surface area contributed by atoms with Gasteiger partial charge in [-0.2, -0.15) is 0 Å². The Kier molecular flexibility index (Phi) is 4.27. The fraction of sp³-hybridized carbons (Fsp3) is 0.500. The Labute approximate surface area is 113 Å². The van der Waals surface area contributed by atoms with E-state index in [2.05, 4.69) is 4.90 Å². The fourth-order valence-corrected chi connectivity index (χ4v) is 2.10. The lowest BCUT2D eigenvalue weighted by Crippen LogP contribution is -2.48. The fourth-order valence-electron chi connectivity index (χ4n) is 2.10. The van der Waals surface area contributed by atoms with Crippen LogP contribution in [0.1, 0.15) is 5.56 Å². The van der Waals surface area contributed by atoms with Crippen molar-refractivity contribution in [2.75, 3.05) is 39.8 Å². The first-order valence-corrected chi connectivity index (χ1v) is 6.44. The van der Waals surface area contributed by atoms with Crippen molar-refractivity contribution in [1.29, 1.82) is 0 Å². The minimum Gasteiger partial charge on any atom is -0.508 e. The number of aromatic hydroxyl groups is 1. The van der Waals surface area contributed by atoms with E-state index in [4.69, 9.17) is 4.74 Å². The summed E-state index contributed by atoms with van der Waals surface area (Å²) >= 11 is 0. The zero-order valence-electron chi connectivity index (χ0n) is 11.4. The quantitative estimate of drug-likeness (QED) is 0.879. The van der Waals surface area contributed by atoms with Crippen molar-refractivity contribution in [3.8, 4) is 11.5 Å². The summed E-state index contributed by atoms with van der Waals surface area (Å²) in [6.45, 7) is 5.19. The van der Waals surface area contributed by atoms with E-state index in [0.717, 1.165) is 31.7 Å². The van der Waals surface area contributed by atoms with Crippen LogP contribution in [0.15, 0.2) is 18.2 Å². The Morgan fingerprint density at radius 3 is 2.58 bits per heavy atom. The maximum absolute atomic E-state index is 12.0. The van der Waals surface area contributed by atoms with E-state index in [1.54, 1.807) is 12.1 Å². The lowest BCUT2D eigenvalue weighted by Gasteiger charge is -2.32. The molecule has 1 aromatic rings. The van der Waals surface area contributed by atoms with Gasteiger partial charge in [0.2, 0.25) is 0 Å². The van der Waals surface area contributed by atoms with E-state index in [9.17, 15) is 9.90 Å². The second kappa shape index (κ2) is 5.93. The molecule has 104 valence electrons. The number of ether oxygens (including phenoxy) is 1. The second-order valence-electron chi connectivity index (χ2n) is 4.98. The normalized spacial score (nSPS) is 16.4. The first kappa shape index (κ1) is 13.7. The highest BCUT2D eigenvalue weighted by Gasteiger charge is 2.19. The number of amides is 1. The largest absolute Gasteiger partial charge is 0.508 e. The van der Waals surface area contributed by atoms with Gasteiger partial charge >= 0.3 is 0 Å². The topological polar surface area (TPSA) is 53.0 Å². The van der Waals surface area contributed by atoms with Gasteiger partial charge in [-0.05, 0) is 31.7 Å². The van der Waals surface area contributed by atoms with E-state index in [-0.39, 0.29) is 18.3 Å². The molecule has 1 aliphatic heterocycles. The molecule has 19 heavy (non-hydrogen) atoms. The van der Waals surface area contributed by atoms with E-state index in [1.165, 1.54) is 6.07 Å². The molecule has 1 heterocycles. The number of carbonyl (C=O) groups is 1. The minimum atomic E-state index is -0.00547. The van der Waals surface area contributed by atoms with Crippen molar-refractivity contribution in [3.05, 3.63) is 23.8 Å². The molecule has 0 saturated carbocycles. The molecule has 1 aliphatic rings. The molecule has 0 radical (unpaired) electrons. The highest BCUT2D eigenvalue weighted by molar-refractivity contribution is 5.77. The molecule has 5 nitrogen and oxygen atoms in total. The number of likely N-dealkylation sites (N-methyl/N-ethyl adjacent to an activating group) is 1. The van der Waals surface area contributed by atoms with Gasteiger partial charge in [0, 0.05) is 32.2 Å². The number of phenolic OH excluding ortho intramolecular Hbond substituents is 1. The van der Waals surface area contributed by atoms with Crippen molar-refractivity contribution >= 4 is 5.91 Å². The summed E-state index contributed by atoms with van der Waals surface area (Å²) in [6.07, 6.45) is 0. The van der Waals surface area contributed by atoms with E-state index < -0.39 is 0 Å². The number of phenols is 1. The Bertz CT molecular complexity index is 434. The van der Waals surface area contributed by atoms with Gasteiger partial charge in [0.15, 0.2) is 6.61 Å². The number of aryl methyl sites for hydroxylation is 1. The monoisotopic (exact) mass is 264 g/mol. The van der Waals surface area contributed by atoms with Crippen LogP contribution < -0.4 is 4.74 Å². The van der Waals surface area contributed by atoms with Crippen molar-refractivity contribution < 1.29 is 14.6 Å². The predicted octanol–water partition coefficient (Wildman–Crippen LogP) is 0.853. The van der Waals surface area contributed by atoms with E-state index >= 15 is 0 Å². The third-order valence-electron chi connectivity index (χ3n) is 3.25. The van der Waals surface area contributed by atoms with Crippen LogP contribution in [0.25, 0.3) is 0 Å². The lowest BCUT2D eigenvalue weighted by molar-refractivity contribution is -0.134. The molecule has 1 fully saturated rings. The van der Waals surface area contributed by atoms with Crippen LogP contribution in [-0.4, -0.2) is 60.6 Å². The summed E-state index contributed by atoms with van der Waals surface area (Å²) in [7, 11) is 2.05. The summed E-state index contributed by atoms with van der Waals surface area (Å²) < 4.78 is 5.44. The first-order chi connectivity index (χ1) is 9.04. The zero-order valence-corrected chi connectivity index (χ0v) is 11.4. The average Bonchev–Trinajstić information content (AvgIpc) is 2.36. The second-order valence-corrected chi connectivity index (χ2v) is 4.98. The first-order valence-electron chi connectivity index (χ1n) is 6.44. The van der Waals surface area contributed by atoms with Crippen LogP contribution in [0.3, 0.4) is 0 Å². The van der Waals surface area contributed by atoms with E-state index in [0.29, 0.717) is 5.75 Å². The molecule has 1 N–H and O–H groups in total. The molecule has 0 aromatic heterocycles. The van der Waals surface area contributed by atoms with Gasteiger partial charge in [0.05, 0.1) is 0 Å². The van der Waals surface area contributed by atoms with Crippen molar-refractivity contribution in [2.24, 2.45) is 0 Å². The maximum Gasteiger partial charge on any atom is 0.260 e. The molecule has 0 bridgehead atoms. The standard InChI is InChI=1S/C14H20N2O3/c1-11-7-12(17)9-13(8-11)19-10-14(18)16-5-3-15(2)4-6-16/h7-9,17H,3-6,10H2,1-2H3. The van der Waals surface area contributed by atoms with Crippen LogP contribution in [0, 0.1) is 6.92 Å². The lowest BCUT2D eigenvalue weighted by atomic mass is 10.2. The molecule has 0 aliphatic carbocycles. The number of carbonyl (C=O) groups excluding carboxylic acids is 1. The smallest absolute Gasteiger partial charge is 0.260 e. The summed E-state index contributed by atoms with van der Waals surface area (Å²) in [4.78, 5) is 16.0. The average molecular weight is 264 g/mol. The molecular formula is C14H20N2O3. The number of hydrogen-bond acceptors (Lipinski definition) is 4. The van der Waals surface area contributed by atoms with Crippen LogP contribution in [-0.2, 0) is 4.79 Å². The highest BCUT2D eigenvalue weighted by Crippen LogP contribution is 2.21. The Morgan fingerprint density at radius 1 is 1.26 bits per heavy atom. The number of nitrogens with zero attached hydrogens (tertiary/aromatic N) is 2. The van der Waals surface area contributed by atoms with Gasteiger partial charge < -0.3 is 19.6 Å². The Morgan fingerprint density at radius 2 is 1.95 bits per heavy atom. The molecular weight excluding hydrogens is 244 g/mol. The van der Waals surface area contributed by atoms with Crippen molar-refractivity contribution in [3.63, 3.8) is 0 Å². The molecule has 1 saturated heterocycles. The van der Waals surface area contributed by atoms with Gasteiger partial charge in [-0.3, -0.25) is 4.79 Å². The summed E-state index contributed by atoms with van der Waals surface area (Å²) in [5.41, 5.74) is 0.905. The van der Waals surface area contributed by atoms with Crippen LogP contribution in [0.5, 0.6) is 11.5 Å². The van der Waals surface area contributed by atoms with Crippen LogP contribution in [0.4, 0.5) is 0 Å². The van der Waals surface area contributed by atoms with Gasteiger partial charge in [-0.15, -0.1) is 0 Å². The third kappa shape index (κ3) is 3.86. The Balaban J connectivity index is 1.86. The SMILES string of the molecule is Cc1cc(O)cc(OCC(=O)N2CCN(C)CC2)c1. The zero-order chi connectivity index (χ0) is 13.8. The summed E-state index contributed by atoms with van der Waals surface area (Å²) in [5, 5.41) is 9.46. The van der Waals surface area contributed by atoms with Gasteiger partial charge in [0.25, 0.3) is 5.91 Å². The molecule has 0 spiro atoms. The summed E-state index contributed by atoms with van der Waals surface area (Å²) in [6, 6.07) is 4.97. The van der Waals surface area contributed by atoms with Crippen LogP contribution in [0.2, 0.25) is 0 Å². The molecule has 5 heteroatoms. The molecule has 1 aromatic carbocycles. The van der Waals surface area contributed by atoms with Gasteiger partial charge in [-0.1, -0.05) is 0 Å². The molecule has 0 unspecified atom stereocenters. The Hall–Kier alpha value is -1.75. The van der Waals surface area contributed by atoms with Crippen molar-refractivity contribution in [1.82, 2.24) is 9.80 Å². The van der Waals surface area contributed by atoms with Gasteiger partial charge in [0.1, 0.15) is 11.5 Å². The minimum absolute atomic E-state index is 0.00547. The maximum atomic E-state index is 12.0. The number of benzene rings is 1. The van der Waals surface area contributed by atoms with Gasteiger partial charge in [-0.25, -0.2) is 0 Å². The van der Waals surface area contributed by atoms with Crippen LogP contribution >= 0.6 is 0 Å². The third-order valence-corrected chi connectivity index (χ3v) is 3.25. The summed E-state index contributed by atoms with van der Waals surface area (Å²) in [5.74, 6) is 0.677. The van der Waals surface area contributed by atoms with E-state index in [1.807, 2.05) is 18.9 Å². The molecule has 0 atom stereocenters. The predicted molar refractivity (Wildman–Crippen MR) is 72.4 cm³/mol. The highest BCUT2D eigenvalue weighted by atomic mass is 16.5. The number of piperazine rings is 1.